The van der Waals surface area contributed by atoms with Gasteiger partial charge in [-0.2, -0.15) is 0 Å². The van der Waals surface area contributed by atoms with Crippen molar-refractivity contribution in [1.82, 2.24) is 5.32 Å². The average Bonchev–Trinajstić information content (AvgIpc) is 2.39. The molecule has 108 valence electrons. The molecule has 0 spiro atoms. The second kappa shape index (κ2) is 8.27. The smallest absolute Gasteiger partial charge is 0.100 e. The number of aliphatic hydroxyl groups is 2. The van der Waals surface area contributed by atoms with Gasteiger partial charge in [0.05, 0.1) is 19.8 Å². The van der Waals surface area contributed by atoms with Crippen molar-refractivity contribution in [3.8, 4) is 0 Å². The van der Waals surface area contributed by atoms with Crippen LogP contribution in [0.4, 0.5) is 0 Å². The van der Waals surface area contributed by atoms with Crippen LogP contribution in [0.2, 0.25) is 0 Å². The molecule has 0 radical (unpaired) electrons. The average molecular weight is 267 g/mol. The molecule has 0 aromatic heterocycles. The summed E-state index contributed by atoms with van der Waals surface area (Å²) in [6.45, 7) is 6.35. The molecule has 1 rings (SSSR count). The highest BCUT2D eigenvalue weighted by Crippen LogP contribution is 2.14. The number of nitrogens with one attached hydrogen (secondary N) is 1. The van der Waals surface area contributed by atoms with E-state index in [0.717, 1.165) is 13.1 Å². The molecule has 0 aliphatic rings. The van der Waals surface area contributed by atoms with Crippen molar-refractivity contribution < 1.29 is 14.9 Å². The first kappa shape index (κ1) is 16.1. The van der Waals surface area contributed by atoms with Crippen LogP contribution >= 0.6 is 0 Å². The van der Waals surface area contributed by atoms with Gasteiger partial charge in [-0.15, -0.1) is 0 Å². The second-order valence-corrected chi connectivity index (χ2v) is 5.60. The largest absolute Gasteiger partial charge is 0.394 e. The van der Waals surface area contributed by atoms with Gasteiger partial charge in [-0.05, 0) is 5.56 Å². The van der Waals surface area contributed by atoms with Crippen molar-refractivity contribution in [2.75, 3.05) is 26.4 Å². The lowest BCUT2D eigenvalue weighted by Gasteiger charge is -2.25. The Bertz CT molecular complexity index is 341. The van der Waals surface area contributed by atoms with E-state index in [0.29, 0.717) is 6.61 Å². The molecular weight excluding hydrogens is 242 g/mol. The van der Waals surface area contributed by atoms with Crippen LogP contribution in [0.25, 0.3) is 0 Å². The van der Waals surface area contributed by atoms with E-state index in [1.165, 1.54) is 5.56 Å². The Labute approximate surface area is 115 Å². The van der Waals surface area contributed by atoms with Crippen LogP contribution in [-0.4, -0.2) is 42.7 Å². The summed E-state index contributed by atoms with van der Waals surface area (Å²) >= 11 is 0. The lowest BCUT2D eigenvalue weighted by atomic mass is 9.95. The fraction of sp³-hybridized carbons (Fsp3) is 0.600. The maximum atomic E-state index is 9.19. The second-order valence-electron chi connectivity index (χ2n) is 5.60. The molecule has 19 heavy (non-hydrogen) atoms. The molecule has 0 heterocycles. The normalized spacial score (nSPS) is 13.5. The summed E-state index contributed by atoms with van der Waals surface area (Å²) in [5.74, 6) is 0. The van der Waals surface area contributed by atoms with E-state index in [9.17, 15) is 5.11 Å². The van der Waals surface area contributed by atoms with E-state index in [1.54, 1.807) is 0 Å². The van der Waals surface area contributed by atoms with Gasteiger partial charge in [-0.3, -0.25) is 0 Å². The third-order valence-electron chi connectivity index (χ3n) is 2.79. The molecule has 1 aromatic rings. The molecule has 0 saturated carbocycles. The van der Waals surface area contributed by atoms with E-state index in [-0.39, 0.29) is 18.6 Å². The molecule has 0 amide bonds. The van der Waals surface area contributed by atoms with Crippen LogP contribution in [0, 0.1) is 5.41 Å². The number of ether oxygens (including phenoxy) is 1. The van der Waals surface area contributed by atoms with Crippen LogP contribution in [0.15, 0.2) is 30.3 Å². The third kappa shape index (κ3) is 7.28. The summed E-state index contributed by atoms with van der Waals surface area (Å²) in [6.07, 6.45) is -0.784. The van der Waals surface area contributed by atoms with Gasteiger partial charge < -0.3 is 20.3 Å². The number of hydrogen-bond acceptors (Lipinski definition) is 4. The highest BCUT2D eigenvalue weighted by atomic mass is 16.5. The summed E-state index contributed by atoms with van der Waals surface area (Å²) < 4.78 is 5.40. The summed E-state index contributed by atoms with van der Waals surface area (Å²) in [7, 11) is 0. The van der Waals surface area contributed by atoms with Crippen molar-refractivity contribution >= 4 is 0 Å². The van der Waals surface area contributed by atoms with Crippen LogP contribution in [0.5, 0.6) is 0 Å². The topological polar surface area (TPSA) is 61.7 Å². The highest BCUT2D eigenvalue weighted by Gasteiger charge is 2.18. The zero-order chi connectivity index (χ0) is 14.1. The van der Waals surface area contributed by atoms with Gasteiger partial charge >= 0.3 is 0 Å². The minimum absolute atomic E-state index is 0.00996. The fourth-order valence-electron chi connectivity index (χ4n) is 1.72. The number of rotatable bonds is 9. The van der Waals surface area contributed by atoms with Crippen molar-refractivity contribution in [1.29, 1.82) is 0 Å². The van der Waals surface area contributed by atoms with Gasteiger partial charge in [0.1, 0.15) is 6.10 Å². The van der Waals surface area contributed by atoms with E-state index in [2.05, 4.69) is 31.3 Å². The molecule has 4 nitrogen and oxygen atoms in total. The van der Waals surface area contributed by atoms with E-state index in [1.807, 2.05) is 18.2 Å². The minimum Gasteiger partial charge on any atom is -0.394 e. The van der Waals surface area contributed by atoms with E-state index in [4.69, 9.17) is 9.84 Å². The molecule has 1 atom stereocenters. The fourth-order valence-corrected chi connectivity index (χ4v) is 1.72. The quantitative estimate of drug-likeness (QED) is 0.628. The van der Waals surface area contributed by atoms with Crippen LogP contribution in [-0.2, 0) is 11.3 Å². The Morgan fingerprint density at radius 3 is 2.58 bits per heavy atom. The maximum Gasteiger partial charge on any atom is 0.100 e. The van der Waals surface area contributed by atoms with Crippen molar-refractivity contribution in [3.05, 3.63) is 35.9 Å². The molecule has 0 saturated heterocycles. The van der Waals surface area contributed by atoms with E-state index >= 15 is 0 Å². The Morgan fingerprint density at radius 1 is 1.26 bits per heavy atom. The highest BCUT2D eigenvalue weighted by molar-refractivity contribution is 5.14. The summed E-state index contributed by atoms with van der Waals surface area (Å²) in [5, 5.41) is 21.3. The standard InChI is InChI=1S/C15H25NO3/c1-15(2,12-19-10-14(18)9-17)11-16-8-13-6-4-3-5-7-13/h3-7,14,16-18H,8-12H2,1-2H3. The summed E-state index contributed by atoms with van der Waals surface area (Å²) in [4.78, 5) is 0. The van der Waals surface area contributed by atoms with Gasteiger partial charge in [0, 0.05) is 18.5 Å². The molecule has 0 aliphatic carbocycles. The number of aliphatic hydroxyl groups excluding tert-OH is 2. The lowest BCUT2D eigenvalue weighted by Crippen LogP contribution is -2.34. The molecule has 4 heteroatoms. The molecule has 0 fully saturated rings. The summed E-state index contributed by atoms with van der Waals surface area (Å²) in [5.41, 5.74) is 1.25. The van der Waals surface area contributed by atoms with Crippen molar-refractivity contribution in [2.24, 2.45) is 5.41 Å². The first-order chi connectivity index (χ1) is 9.03. The van der Waals surface area contributed by atoms with Crippen LogP contribution < -0.4 is 5.32 Å². The maximum absolute atomic E-state index is 9.19. The van der Waals surface area contributed by atoms with Crippen molar-refractivity contribution in [2.45, 2.75) is 26.5 Å². The first-order valence-corrected chi connectivity index (χ1v) is 6.65. The van der Waals surface area contributed by atoms with E-state index < -0.39 is 6.10 Å². The van der Waals surface area contributed by atoms with Crippen LogP contribution in [0.3, 0.4) is 0 Å². The summed E-state index contributed by atoms with van der Waals surface area (Å²) in [6, 6.07) is 10.2. The molecule has 3 N–H and O–H groups in total. The molecule has 1 unspecified atom stereocenters. The number of benzene rings is 1. The third-order valence-corrected chi connectivity index (χ3v) is 2.79. The zero-order valence-corrected chi connectivity index (χ0v) is 11.8. The van der Waals surface area contributed by atoms with Crippen LogP contribution in [0.1, 0.15) is 19.4 Å². The van der Waals surface area contributed by atoms with Crippen molar-refractivity contribution in [3.63, 3.8) is 0 Å². The Kier molecular flexibility index (Phi) is 7.02. The molecule has 0 bridgehead atoms. The molecule has 0 aliphatic heterocycles. The minimum atomic E-state index is -0.784. The Balaban J connectivity index is 2.19. The molecular formula is C15H25NO3. The zero-order valence-electron chi connectivity index (χ0n) is 11.8. The number of hydrogen-bond donors (Lipinski definition) is 3. The molecule has 1 aromatic carbocycles. The van der Waals surface area contributed by atoms with Gasteiger partial charge in [-0.1, -0.05) is 44.2 Å². The first-order valence-electron chi connectivity index (χ1n) is 6.65. The van der Waals surface area contributed by atoms with Gasteiger partial charge in [0.25, 0.3) is 0 Å². The Morgan fingerprint density at radius 2 is 1.95 bits per heavy atom. The monoisotopic (exact) mass is 267 g/mol. The lowest BCUT2D eigenvalue weighted by molar-refractivity contribution is -0.0181. The van der Waals surface area contributed by atoms with Gasteiger partial charge in [0.2, 0.25) is 0 Å². The SMILES string of the molecule is CC(C)(CNCc1ccccc1)COCC(O)CO. The Hall–Kier alpha value is -0.940. The van der Waals surface area contributed by atoms with Gasteiger partial charge in [-0.25, -0.2) is 0 Å². The van der Waals surface area contributed by atoms with Gasteiger partial charge in [0.15, 0.2) is 0 Å². The predicted octanol–water partition coefficient (Wildman–Crippen LogP) is 1.17. The predicted molar refractivity (Wildman–Crippen MR) is 75.8 cm³/mol.